The van der Waals surface area contributed by atoms with Gasteiger partial charge < -0.3 is 25.7 Å². The molecular weight excluding hydrogens is 230 g/mol. The number of aliphatic hydroxyl groups is 1. The van der Waals surface area contributed by atoms with Crippen molar-refractivity contribution in [1.29, 1.82) is 0 Å². The molecule has 1 atom stereocenters. The molecule has 0 aromatic heterocycles. The highest BCUT2D eigenvalue weighted by Gasteiger charge is 2.30. The van der Waals surface area contributed by atoms with Crippen molar-refractivity contribution in [2.45, 2.75) is 12.5 Å². The third-order valence-corrected chi connectivity index (χ3v) is 2.05. The van der Waals surface area contributed by atoms with Gasteiger partial charge >= 0.3 is 12.0 Å². The number of aliphatic carboxylic acids is 1. The standard InChI is InChI=1S/C9H17N3O5/c1-9(17,7(14)15)5-11-8(16)12(3)4-6(13)10-2/h17H,4-5H2,1-3H3,(H,10,13)(H,11,16)(H,14,15). The number of rotatable bonds is 5. The molecule has 0 saturated heterocycles. The molecule has 0 aromatic carbocycles. The summed E-state index contributed by atoms with van der Waals surface area (Å²) in [5.41, 5.74) is -2.04. The van der Waals surface area contributed by atoms with Crippen LogP contribution in [0.2, 0.25) is 0 Å². The van der Waals surface area contributed by atoms with Gasteiger partial charge in [0.1, 0.15) is 6.54 Å². The summed E-state index contributed by atoms with van der Waals surface area (Å²) in [6.07, 6.45) is 0. The number of carbonyl (C=O) groups is 3. The second-order valence-corrected chi connectivity index (χ2v) is 3.77. The molecule has 8 nitrogen and oxygen atoms in total. The normalized spacial score (nSPS) is 13.4. The first-order chi connectivity index (χ1) is 7.70. The predicted octanol–water partition coefficient (Wildman–Crippen LogP) is -1.79. The summed E-state index contributed by atoms with van der Waals surface area (Å²) in [5.74, 6) is -1.79. The maximum Gasteiger partial charge on any atom is 0.337 e. The predicted molar refractivity (Wildman–Crippen MR) is 58.4 cm³/mol. The summed E-state index contributed by atoms with van der Waals surface area (Å²) in [7, 11) is 2.81. The van der Waals surface area contributed by atoms with Crippen LogP contribution in [0.25, 0.3) is 0 Å². The van der Waals surface area contributed by atoms with Gasteiger partial charge in [-0.1, -0.05) is 0 Å². The Morgan fingerprint density at radius 3 is 2.29 bits per heavy atom. The summed E-state index contributed by atoms with van der Waals surface area (Å²) in [6.45, 7) is 0.463. The van der Waals surface area contributed by atoms with Crippen LogP contribution in [0, 0.1) is 0 Å². The first-order valence-electron chi connectivity index (χ1n) is 4.86. The van der Waals surface area contributed by atoms with E-state index in [9.17, 15) is 19.5 Å². The summed E-state index contributed by atoms with van der Waals surface area (Å²) < 4.78 is 0. The van der Waals surface area contributed by atoms with E-state index in [4.69, 9.17) is 5.11 Å². The molecule has 4 N–H and O–H groups in total. The van der Waals surface area contributed by atoms with Crippen molar-refractivity contribution in [1.82, 2.24) is 15.5 Å². The van der Waals surface area contributed by atoms with Gasteiger partial charge in [-0.15, -0.1) is 0 Å². The number of amides is 3. The van der Waals surface area contributed by atoms with Gasteiger partial charge in [0.2, 0.25) is 5.91 Å². The van der Waals surface area contributed by atoms with Gasteiger partial charge in [0.05, 0.1) is 6.54 Å². The van der Waals surface area contributed by atoms with Crippen molar-refractivity contribution in [2.75, 3.05) is 27.2 Å². The Balaban J connectivity index is 4.19. The Morgan fingerprint density at radius 2 is 1.88 bits per heavy atom. The third kappa shape index (κ3) is 5.16. The van der Waals surface area contributed by atoms with E-state index in [1.54, 1.807) is 0 Å². The molecule has 0 radical (unpaired) electrons. The number of carboxylic acids is 1. The molecule has 98 valence electrons. The zero-order chi connectivity index (χ0) is 13.6. The van der Waals surface area contributed by atoms with Crippen LogP contribution < -0.4 is 10.6 Å². The monoisotopic (exact) mass is 247 g/mol. The van der Waals surface area contributed by atoms with Crippen LogP contribution >= 0.6 is 0 Å². The molecule has 0 aliphatic carbocycles. The van der Waals surface area contributed by atoms with Crippen molar-refractivity contribution >= 4 is 17.9 Å². The fraction of sp³-hybridized carbons (Fsp3) is 0.667. The van der Waals surface area contributed by atoms with Crippen LogP contribution in [-0.2, 0) is 9.59 Å². The number of carbonyl (C=O) groups excluding carboxylic acids is 2. The second-order valence-electron chi connectivity index (χ2n) is 3.77. The van der Waals surface area contributed by atoms with Crippen molar-refractivity contribution in [3.8, 4) is 0 Å². The van der Waals surface area contributed by atoms with Crippen molar-refractivity contribution in [3.63, 3.8) is 0 Å². The first-order valence-corrected chi connectivity index (χ1v) is 4.86. The molecule has 0 aliphatic rings. The molecule has 17 heavy (non-hydrogen) atoms. The van der Waals surface area contributed by atoms with Crippen LogP contribution in [0.1, 0.15) is 6.92 Å². The van der Waals surface area contributed by atoms with E-state index in [1.165, 1.54) is 14.1 Å². The average molecular weight is 247 g/mol. The topological polar surface area (TPSA) is 119 Å². The zero-order valence-corrected chi connectivity index (χ0v) is 9.98. The van der Waals surface area contributed by atoms with E-state index in [1.807, 2.05) is 0 Å². The average Bonchev–Trinajstić information content (AvgIpc) is 2.25. The number of hydrogen-bond donors (Lipinski definition) is 4. The minimum atomic E-state index is -2.04. The van der Waals surface area contributed by atoms with Gasteiger partial charge in [0, 0.05) is 14.1 Å². The largest absolute Gasteiger partial charge is 0.479 e. The zero-order valence-electron chi connectivity index (χ0n) is 9.98. The molecule has 0 aliphatic heterocycles. The Kier molecular flexibility index (Phi) is 5.39. The van der Waals surface area contributed by atoms with Gasteiger partial charge in [-0.3, -0.25) is 4.79 Å². The molecule has 0 aromatic rings. The van der Waals surface area contributed by atoms with Gasteiger partial charge in [0.15, 0.2) is 5.60 Å². The second kappa shape index (κ2) is 6.04. The highest BCUT2D eigenvalue weighted by atomic mass is 16.4. The minimum absolute atomic E-state index is 0.155. The molecule has 0 saturated carbocycles. The van der Waals surface area contributed by atoms with Crippen molar-refractivity contribution in [2.24, 2.45) is 0 Å². The number of nitrogens with zero attached hydrogens (tertiary/aromatic N) is 1. The van der Waals surface area contributed by atoms with Crippen LogP contribution in [0.5, 0.6) is 0 Å². The number of nitrogens with one attached hydrogen (secondary N) is 2. The lowest BCUT2D eigenvalue weighted by molar-refractivity contribution is -0.155. The molecule has 8 heteroatoms. The van der Waals surface area contributed by atoms with E-state index in [0.29, 0.717) is 0 Å². The lowest BCUT2D eigenvalue weighted by Gasteiger charge is -2.21. The van der Waals surface area contributed by atoms with Gasteiger partial charge in [-0.05, 0) is 6.92 Å². The third-order valence-electron chi connectivity index (χ3n) is 2.05. The van der Waals surface area contributed by atoms with Crippen LogP contribution in [-0.4, -0.2) is 65.8 Å². The summed E-state index contributed by atoms with van der Waals surface area (Å²) >= 11 is 0. The Labute approximate surface area is 98.6 Å². The maximum absolute atomic E-state index is 11.4. The quantitative estimate of drug-likeness (QED) is 0.457. The van der Waals surface area contributed by atoms with E-state index in [-0.39, 0.29) is 12.5 Å². The van der Waals surface area contributed by atoms with E-state index >= 15 is 0 Å². The fourth-order valence-corrected chi connectivity index (χ4v) is 0.825. The van der Waals surface area contributed by atoms with Crippen LogP contribution in [0.4, 0.5) is 4.79 Å². The molecule has 0 spiro atoms. The molecule has 1 unspecified atom stereocenters. The summed E-state index contributed by atoms with van der Waals surface area (Å²) in [4.78, 5) is 34.0. The molecule has 0 rings (SSSR count). The summed E-state index contributed by atoms with van der Waals surface area (Å²) in [6, 6.07) is -0.643. The molecule has 0 fully saturated rings. The first kappa shape index (κ1) is 15.2. The Bertz CT molecular complexity index is 316. The van der Waals surface area contributed by atoms with Crippen molar-refractivity contribution < 1.29 is 24.6 Å². The van der Waals surface area contributed by atoms with Crippen LogP contribution in [0.15, 0.2) is 0 Å². The molecule has 3 amide bonds. The number of hydrogen-bond acceptors (Lipinski definition) is 4. The highest BCUT2D eigenvalue weighted by molar-refractivity contribution is 5.84. The SMILES string of the molecule is CNC(=O)CN(C)C(=O)NCC(C)(O)C(=O)O. The summed E-state index contributed by atoms with van der Waals surface area (Å²) in [5, 5.41) is 22.5. The number of likely N-dealkylation sites (N-methyl/N-ethyl adjacent to an activating group) is 2. The molecular formula is C9H17N3O5. The van der Waals surface area contributed by atoms with E-state index < -0.39 is 24.1 Å². The van der Waals surface area contributed by atoms with Gasteiger partial charge in [-0.2, -0.15) is 0 Å². The minimum Gasteiger partial charge on any atom is -0.479 e. The lowest BCUT2D eigenvalue weighted by atomic mass is 10.1. The van der Waals surface area contributed by atoms with Gasteiger partial charge in [-0.25, -0.2) is 9.59 Å². The number of urea groups is 1. The van der Waals surface area contributed by atoms with Gasteiger partial charge in [0.25, 0.3) is 0 Å². The van der Waals surface area contributed by atoms with E-state index in [2.05, 4.69) is 10.6 Å². The Hall–Kier alpha value is -1.83. The fourth-order valence-electron chi connectivity index (χ4n) is 0.825. The molecule has 0 bridgehead atoms. The lowest BCUT2D eigenvalue weighted by Crippen LogP contribution is -2.50. The maximum atomic E-state index is 11.4. The number of carboxylic acid groups (broad SMARTS) is 1. The van der Waals surface area contributed by atoms with Crippen LogP contribution in [0.3, 0.4) is 0 Å². The highest BCUT2D eigenvalue weighted by Crippen LogP contribution is 2.01. The van der Waals surface area contributed by atoms with E-state index in [0.717, 1.165) is 11.8 Å². The van der Waals surface area contributed by atoms with Crippen molar-refractivity contribution in [3.05, 3.63) is 0 Å². The molecule has 0 heterocycles. The Morgan fingerprint density at radius 1 is 1.35 bits per heavy atom. The smallest absolute Gasteiger partial charge is 0.337 e.